The summed E-state index contributed by atoms with van der Waals surface area (Å²) in [4.78, 5) is 25.3. The topological polar surface area (TPSA) is 205 Å². The molecule has 0 aliphatic carbocycles. The predicted octanol–water partition coefficient (Wildman–Crippen LogP) is -2.39. The number of aliphatic carboxylic acids is 1. The summed E-state index contributed by atoms with van der Waals surface area (Å²) in [6.45, 7) is 0.296. The number of carbonyl (C=O) groups excluding carboxylic acids is 1. The van der Waals surface area contributed by atoms with Crippen LogP contribution in [-0.2, 0) is 14.3 Å². The number of carbonyl (C=O) groups is 2. The summed E-state index contributed by atoms with van der Waals surface area (Å²) in [5.74, 6) is -3.09. The Bertz CT molecular complexity index is 559. The number of ether oxygens (including phenoxy) is 1. The molecule has 134 valence electrons. The van der Waals surface area contributed by atoms with Crippen molar-refractivity contribution in [3.8, 4) is 0 Å². The molecular weight excluding hydrogens is 328 g/mol. The summed E-state index contributed by atoms with van der Waals surface area (Å²) in [5.41, 5.74) is 8.61. The number of aliphatic hydroxyl groups excluding tert-OH is 4. The third kappa shape index (κ3) is 4.57. The Labute approximate surface area is 135 Å². The second kappa shape index (κ2) is 8.47. The van der Waals surface area contributed by atoms with Crippen LogP contribution < -0.4 is 5.32 Å². The van der Waals surface area contributed by atoms with Gasteiger partial charge in [-0.3, -0.25) is 4.79 Å². The highest BCUT2D eigenvalue weighted by atomic mass is 16.5. The van der Waals surface area contributed by atoms with Crippen molar-refractivity contribution in [1.82, 2.24) is 5.32 Å². The highest BCUT2D eigenvalue weighted by Gasteiger charge is 2.43. The van der Waals surface area contributed by atoms with Crippen LogP contribution >= 0.6 is 0 Å². The number of carboxylic acid groups (broad SMARTS) is 1. The SMILES string of the molecule is CC(O)C(=O)N[C@@H]1C(N=[N+]=[N-])C=C(C(=O)O)O[C@H]1[C@H](O)[C@H](O)CO. The molecule has 6 N–H and O–H groups in total. The number of azide groups is 1. The van der Waals surface area contributed by atoms with Gasteiger partial charge in [-0.15, -0.1) is 0 Å². The third-order valence-corrected chi connectivity index (χ3v) is 3.31. The molecule has 12 nitrogen and oxygen atoms in total. The molecular formula is C12H18N4O8. The van der Waals surface area contributed by atoms with Gasteiger partial charge in [-0.1, -0.05) is 5.11 Å². The average Bonchev–Trinajstić information content (AvgIpc) is 2.54. The lowest BCUT2D eigenvalue weighted by Gasteiger charge is -2.38. The molecule has 0 bridgehead atoms. The van der Waals surface area contributed by atoms with E-state index in [1.54, 1.807) is 0 Å². The minimum Gasteiger partial charge on any atom is -0.478 e. The van der Waals surface area contributed by atoms with Crippen LogP contribution in [-0.4, -0.2) is 80.5 Å². The molecule has 0 aromatic heterocycles. The van der Waals surface area contributed by atoms with Crippen LogP contribution in [0, 0.1) is 0 Å². The molecule has 24 heavy (non-hydrogen) atoms. The van der Waals surface area contributed by atoms with Crippen LogP contribution in [0.4, 0.5) is 0 Å². The largest absolute Gasteiger partial charge is 0.478 e. The molecule has 0 radical (unpaired) electrons. The van der Waals surface area contributed by atoms with Crippen molar-refractivity contribution < 1.29 is 39.9 Å². The Morgan fingerprint density at radius 2 is 2.08 bits per heavy atom. The molecule has 0 aromatic rings. The first-order valence-corrected chi connectivity index (χ1v) is 6.84. The monoisotopic (exact) mass is 346 g/mol. The van der Waals surface area contributed by atoms with Gasteiger partial charge < -0.3 is 35.6 Å². The van der Waals surface area contributed by atoms with Crippen LogP contribution in [0.25, 0.3) is 10.4 Å². The average molecular weight is 346 g/mol. The molecule has 0 saturated heterocycles. The summed E-state index contributed by atoms with van der Waals surface area (Å²) in [5, 5.41) is 52.4. The summed E-state index contributed by atoms with van der Waals surface area (Å²) in [7, 11) is 0. The van der Waals surface area contributed by atoms with Crippen molar-refractivity contribution in [2.45, 2.75) is 43.4 Å². The van der Waals surface area contributed by atoms with Crippen molar-refractivity contribution in [3.63, 3.8) is 0 Å². The van der Waals surface area contributed by atoms with Gasteiger partial charge in [-0.25, -0.2) is 4.79 Å². The minimum atomic E-state index is -1.81. The van der Waals surface area contributed by atoms with Crippen LogP contribution in [0.5, 0.6) is 0 Å². The fourth-order valence-electron chi connectivity index (χ4n) is 2.06. The number of nitrogens with zero attached hydrogens (tertiary/aromatic N) is 3. The Hall–Kier alpha value is -2.37. The molecule has 1 rings (SSSR count). The Morgan fingerprint density at radius 3 is 2.54 bits per heavy atom. The van der Waals surface area contributed by atoms with E-state index in [1.165, 1.54) is 0 Å². The van der Waals surface area contributed by atoms with E-state index < -0.39 is 60.7 Å². The molecule has 0 aromatic carbocycles. The standard InChI is InChI=1S/C12H18N4O8/c1-4(18)11(21)14-8-5(15-16-13)2-7(12(22)23)24-10(8)9(20)6(19)3-17/h2,4-6,8-10,17-20H,3H2,1H3,(H,14,21)(H,22,23)/t4?,5?,6-,8-,9-,10-/m1/s1. The minimum absolute atomic E-state index is 0.663. The lowest BCUT2D eigenvalue weighted by molar-refractivity contribution is -0.146. The van der Waals surface area contributed by atoms with Gasteiger partial charge in [0.2, 0.25) is 11.7 Å². The number of aliphatic hydroxyl groups is 4. The predicted molar refractivity (Wildman–Crippen MR) is 76.2 cm³/mol. The van der Waals surface area contributed by atoms with E-state index in [-0.39, 0.29) is 0 Å². The first-order valence-electron chi connectivity index (χ1n) is 6.84. The maximum absolute atomic E-state index is 11.7. The van der Waals surface area contributed by atoms with Crippen LogP contribution in [0.1, 0.15) is 6.92 Å². The second-order valence-electron chi connectivity index (χ2n) is 5.06. The van der Waals surface area contributed by atoms with E-state index in [4.69, 9.17) is 20.5 Å². The maximum Gasteiger partial charge on any atom is 0.370 e. The molecule has 1 heterocycles. The number of rotatable bonds is 7. The van der Waals surface area contributed by atoms with Gasteiger partial charge >= 0.3 is 5.97 Å². The van der Waals surface area contributed by atoms with Gasteiger partial charge in [0.15, 0.2) is 0 Å². The first-order chi connectivity index (χ1) is 11.2. The molecule has 1 amide bonds. The van der Waals surface area contributed by atoms with E-state index in [0.717, 1.165) is 13.0 Å². The van der Waals surface area contributed by atoms with Gasteiger partial charge in [0.1, 0.15) is 24.4 Å². The smallest absolute Gasteiger partial charge is 0.370 e. The Balaban J connectivity index is 3.26. The molecule has 1 aliphatic rings. The number of carboxylic acids is 1. The number of amides is 1. The number of hydrogen-bond donors (Lipinski definition) is 6. The number of nitrogens with one attached hydrogen (secondary N) is 1. The van der Waals surface area contributed by atoms with Gasteiger partial charge in [-0.05, 0) is 18.5 Å². The van der Waals surface area contributed by atoms with Crippen molar-refractivity contribution in [2.75, 3.05) is 6.61 Å². The highest BCUT2D eigenvalue weighted by molar-refractivity contribution is 5.85. The van der Waals surface area contributed by atoms with Crippen LogP contribution in [0.3, 0.4) is 0 Å². The maximum atomic E-state index is 11.7. The quantitative estimate of drug-likeness (QED) is 0.166. The molecule has 0 spiro atoms. The molecule has 2 unspecified atom stereocenters. The summed E-state index contributed by atoms with van der Waals surface area (Å²) < 4.78 is 5.06. The van der Waals surface area contributed by atoms with Gasteiger partial charge in [0, 0.05) is 4.91 Å². The zero-order valence-electron chi connectivity index (χ0n) is 12.6. The van der Waals surface area contributed by atoms with Crippen molar-refractivity contribution in [2.24, 2.45) is 5.11 Å². The summed E-state index contributed by atoms with van der Waals surface area (Å²) in [6, 6.07) is -2.56. The lowest BCUT2D eigenvalue weighted by Crippen LogP contribution is -2.60. The first kappa shape index (κ1) is 19.7. The zero-order chi connectivity index (χ0) is 18.4. The molecule has 1 aliphatic heterocycles. The third-order valence-electron chi connectivity index (χ3n) is 3.31. The van der Waals surface area contributed by atoms with Gasteiger partial charge in [0.05, 0.1) is 18.7 Å². The molecule has 0 saturated carbocycles. The van der Waals surface area contributed by atoms with E-state index in [0.29, 0.717) is 0 Å². The van der Waals surface area contributed by atoms with Crippen molar-refractivity contribution >= 4 is 11.9 Å². The summed E-state index contributed by atoms with van der Waals surface area (Å²) >= 11 is 0. The molecule has 6 atom stereocenters. The van der Waals surface area contributed by atoms with E-state index >= 15 is 0 Å². The highest BCUT2D eigenvalue weighted by Crippen LogP contribution is 2.25. The van der Waals surface area contributed by atoms with Gasteiger partial charge in [-0.2, -0.15) is 0 Å². The van der Waals surface area contributed by atoms with E-state index in [1.807, 2.05) is 0 Å². The number of hydrogen-bond acceptors (Lipinski definition) is 8. The lowest BCUT2D eigenvalue weighted by atomic mass is 9.92. The van der Waals surface area contributed by atoms with Crippen LogP contribution in [0.2, 0.25) is 0 Å². The molecule has 0 fully saturated rings. The second-order valence-corrected chi connectivity index (χ2v) is 5.06. The van der Waals surface area contributed by atoms with Crippen molar-refractivity contribution in [3.05, 3.63) is 22.3 Å². The van der Waals surface area contributed by atoms with Gasteiger partial charge in [0.25, 0.3) is 0 Å². The summed E-state index contributed by atoms with van der Waals surface area (Å²) in [6.07, 6.45) is -5.60. The fraction of sp³-hybridized carbons (Fsp3) is 0.667. The van der Waals surface area contributed by atoms with E-state index in [2.05, 4.69) is 15.3 Å². The fourth-order valence-corrected chi connectivity index (χ4v) is 2.06. The Kier molecular flexibility index (Phi) is 6.95. The Morgan fingerprint density at radius 1 is 1.46 bits per heavy atom. The normalized spacial score (nSPS) is 26.9. The molecule has 12 heteroatoms. The van der Waals surface area contributed by atoms with Crippen LogP contribution in [0.15, 0.2) is 16.9 Å². The van der Waals surface area contributed by atoms with Crippen molar-refractivity contribution in [1.29, 1.82) is 0 Å². The van der Waals surface area contributed by atoms with E-state index in [9.17, 15) is 24.9 Å². The zero-order valence-corrected chi connectivity index (χ0v) is 12.6.